The van der Waals surface area contributed by atoms with E-state index in [2.05, 4.69) is 52.8 Å². The largest absolute Gasteiger partial charge is 0.360 e. The molecule has 0 aliphatic rings. The average molecular weight is 293 g/mol. The van der Waals surface area contributed by atoms with Crippen molar-refractivity contribution in [2.45, 2.75) is 30.5 Å². The second-order valence-electron chi connectivity index (χ2n) is 4.24. The van der Waals surface area contributed by atoms with E-state index in [4.69, 9.17) is 0 Å². The van der Waals surface area contributed by atoms with Crippen LogP contribution >= 0.6 is 23.1 Å². The second kappa shape index (κ2) is 8.17. The molecule has 19 heavy (non-hydrogen) atoms. The van der Waals surface area contributed by atoms with Gasteiger partial charge < -0.3 is 5.32 Å². The Morgan fingerprint density at radius 1 is 1.21 bits per heavy atom. The van der Waals surface area contributed by atoms with Crippen LogP contribution in [0, 0.1) is 0 Å². The van der Waals surface area contributed by atoms with E-state index >= 15 is 0 Å². The van der Waals surface area contributed by atoms with Gasteiger partial charge in [-0.25, -0.2) is 0 Å². The molecule has 0 saturated heterocycles. The highest BCUT2D eigenvalue weighted by Crippen LogP contribution is 2.26. The molecular formula is C14H19N3S2. The van der Waals surface area contributed by atoms with Crippen molar-refractivity contribution in [2.24, 2.45) is 0 Å². The maximum absolute atomic E-state index is 4.18. The van der Waals surface area contributed by atoms with Gasteiger partial charge in [-0.15, -0.1) is 10.2 Å². The molecule has 0 spiro atoms. The SMILES string of the molecule is CCCNc1nnc(SCCCc2ccccc2)s1. The van der Waals surface area contributed by atoms with Crippen molar-refractivity contribution in [3.8, 4) is 0 Å². The van der Waals surface area contributed by atoms with E-state index in [0.717, 1.165) is 34.6 Å². The molecule has 0 fully saturated rings. The first-order valence-electron chi connectivity index (χ1n) is 6.62. The Morgan fingerprint density at radius 2 is 2.05 bits per heavy atom. The molecule has 0 atom stereocenters. The van der Waals surface area contributed by atoms with Crippen molar-refractivity contribution < 1.29 is 0 Å². The first kappa shape index (κ1) is 14.3. The topological polar surface area (TPSA) is 37.8 Å². The zero-order valence-corrected chi connectivity index (χ0v) is 12.8. The lowest BCUT2D eigenvalue weighted by Gasteiger charge is -1.99. The number of aromatic nitrogens is 2. The third kappa shape index (κ3) is 5.20. The highest BCUT2D eigenvalue weighted by atomic mass is 32.2. The van der Waals surface area contributed by atoms with E-state index in [1.165, 1.54) is 12.0 Å². The summed E-state index contributed by atoms with van der Waals surface area (Å²) in [7, 11) is 0. The van der Waals surface area contributed by atoms with Crippen LogP contribution in [0.2, 0.25) is 0 Å². The van der Waals surface area contributed by atoms with Gasteiger partial charge in [0.2, 0.25) is 5.13 Å². The van der Waals surface area contributed by atoms with E-state index in [9.17, 15) is 0 Å². The number of benzene rings is 1. The predicted octanol–water partition coefficient (Wildman–Crippen LogP) is 4.08. The summed E-state index contributed by atoms with van der Waals surface area (Å²) in [6.45, 7) is 3.11. The van der Waals surface area contributed by atoms with Crippen LogP contribution in [-0.4, -0.2) is 22.5 Å². The normalized spacial score (nSPS) is 10.6. The molecule has 102 valence electrons. The van der Waals surface area contributed by atoms with E-state index in [1.54, 1.807) is 23.1 Å². The fourth-order valence-corrected chi connectivity index (χ4v) is 3.44. The van der Waals surface area contributed by atoms with E-state index in [1.807, 2.05) is 0 Å². The number of rotatable bonds is 8. The summed E-state index contributed by atoms with van der Waals surface area (Å²) in [5.41, 5.74) is 1.41. The summed E-state index contributed by atoms with van der Waals surface area (Å²) in [5.74, 6) is 1.09. The quantitative estimate of drug-likeness (QED) is 0.588. The molecule has 0 aliphatic heterocycles. The fraction of sp³-hybridized carbons (Fsp3) is 0.429. The number of hydrogen-bond donors (Lipinski definition) is 1. The standard InChI is InChI=1S/C14H19N3S2/c1-2-10-15-13-16-17-14(19-13)18-11-6-9-12-7-4-3-5-8-12/h3-5,7-8H,2,6,9-11H2,1H3,(H,15,16). The van der Waals surface area contributed by atoms with E-state index < -0.39 is 0 Å². The molecule has 1 N–H and O–H groups in total. The van der Waals surface area contributed by atoms with Crippen LogP contribution in [0.3, 0.4) is 0 Å². The summed E-state index contributed by atoms with van der Waals surface area (Å²) in [5, 5.41) is 12.5. The molecule has 1 heterocycles. The van der Waals surface area contributed by atoms with Gasteiger partial charge in [0.1, 0.15) is 0 Å². The summed E-state index contributed by atoms with van der Waals surface area (Å²) in [6.07, 6.45) is 3.42. The van der Waals surface area contributed by atoms with Crippen molar-refractivity contribution in [1.29, 1.82) is 0 Å². The Labute approximate surface area is 122 Å². The van der Waals surface area contributed by atoms with Gasteiger partial charge in [-0.3, -0.25) is 0 Å². The van der Waals surface area contributed by atoms with Crippen LogP contribution in [0.5, 0.6) is 0 Å². The third-order valence-electron chi connectivity index (χ3n) is 2.61. The minimum atomic E-state index is 0.937. The molecule has 1 aromatic carbocycles. The van der Waals surface area contributed by atoms with Crippen LogP contribution in [0.25, 0.3) is 0 Å². The lowest BCUT2D eigenvalue weighted by molar-refractivity contribution is 0.927. The van der Waals surface area contributed by atoms with Gasteiger partial charge in [-0.1, -0.05) is 60.4 Å². The minimum Gasteiger partial charge on any atom is -0.360 e. The molecule has 0 amide bonds. The lowest BCUT2D eigenvalue weighted by Crippen LogP contribution is -1.98. The number of nitrogens with zero attached hydrogens (tertiary/aromatic N) is 2. The van der Waals surface area contributed by atoms with Gasteiger partial charge in [0, 0.05) is 12.3 Å². The molecule has 2 rings (SSSR count). The lowest BCUT2D eigenvalue weighted by atomic mass is 10.1. The number of thioether (sulfide) groups is 1. The maximum Gasteiger partial charge on any atom is 0.206 e. The summed E-state index contributed by atoms with van der Waals surface area (Å²) in [4.78, 5) is 0. The Bertz CT molecular complexity index is 471. The van der Waals surface area contributed by atoms with Crippen LogP contribution < -0.4 is 5.32 Å². The van der Waals surface area contributed by atoms with E-state index in [0.29, 0.717) is 0 Å². The highest BCUT2D eigenvalue weighted by molar-refractivity contribution is 8.01. The summed E-state index contributed by atoms with van der Waals surface area (Å²) in [6, 6.07) is 10.6. The number of hydrogen-bond acceptors (Lipinski definition) is 5. The molecule has 0 bridgehead atoms. The van der Waals surface area contributed by atoms with Crippen molar-refractivity contribution in [2.75, 3.05) is 17.6 Å². The number of aryl methyl sites for hydroxylation is 1. The van der Waals surface area contributed by atoms with Gasteiger partial charge >= 0.3 is 0 Å². The van der Waals surface area contributed by atoms with Crippen molar-refractivity contribution >= 4 is 28.2 Å². The zero-order chi connectivity index (χ0) is 13.3. The smallest absolute Gasteiger partial charge is 0.206 e. The molecule has 0 aliphatic carbocycles. The van der Waals surface area contributed by atoms with Gasteiger partial charge in [0.15, 0.2) is 4.34 Å². The Hall–Kier alpha value is -1.07. The van der Waals surface area contributed by atoms with Crippen LogP contribution in [-0.2, 0) is 6.42 Å². The summed E-state index contributed by atoms with van der Waals surface area (Å²) >= 11 is 3.45. The maximum atomic E-state index is 4.18. The third-order valence-corrected chi connectivity index (χ3v) is 4.71. The van der Waals surface area contributed by atoms with Crippen LogP contribution in [0.15, 0.2) is 34.7 Å². The van der Waals surface area contributed by atoms with Gasteiger partial charge in [-0.05, 0) is 24.8 Å². The second-order valence-corrected chi connectivity index (χ2v) is 6.56. The molecule has 5 heteroatoms. The molecule has 0 unspecified atom stereocenters. The molecule has 0 radical (unpaired) electrons. The molecule has 0 saturated carbocycles. The zero-order valence-electron chi connectivity index (χ0n) is 11.1. The highest BCUT2D eigenvalue weighted by Gasteiger charge is 2.03. The van der Waals surface area contributed by atoms with Crippen molar-refractivity contribution in [1.82, 2.24) is 10.2 Å². The number of anilines is 1. The Kier molecular flexibility index (Phi) is 6.17. The first-order chi connectivity index (χ1) is 9.38. The molecule has 2 aromatic rings. The van der Waals surface area contributed by atoms with Crippen molar-refractivity contribution in [3.05, 3.63) is 35.9 Å². The monoisotopic (exact) mass is 293 g/mol. The fourth-order valence-electron chi connectivity index (χ4n) is 1.65. The van der Waals surface area contributed by atoms with E-state index in [-0.39, 0.29) is 0 Å². The predicted molar refractivity (Wildman–Crippen MR) is 84.2 cm³/mol. The number of nitrogens with one attached hydrogen (secondary N) is 1. The van der Waals surface area contributed by atoms with Crippen molar-refractivity contribution in [3.63, 3.8) is 0 Å². The van der Waals surface area contributed by atoms with Gasteiger partial charge in [0.25, 0.3) is 0 Å². The first-order valence-corrected chi connectivity index (χ1v) is 8.43. The summed E-state index contributed by atoms with van der Waals surface area (Å²) < 4.78 is 1.06. The van der Waals surface area contributed by atoms with Crippen LogP contribution in [0.1, 0.15) is 25.3 Å². The Balaban J connectivity index is 1.66. The molecular weight excluding hydrogens is 274 g/mol. The Morgan fingerprint density at radius 3 is 2.84 bits per heavy atom. The van der Waals surface area contributed by atoms with Gasteiger partial charge in [-0.2, -0.15) is 0 Å². The van der Waals surface area contributed by atoms with Crippen LogP contribution in [0.4, 0.5) is 5.13 Å². The minimum absolute atomic E-state index is 0.937. The van der Waals surface area contributed by atoms with Gasteiger partial charge in [0.05, 0.1) is 0 Å². The molecule has 1 aromatic heterocycles. The molecule has 3 nitrogen and oxygen atoms in total. The average Bonchev–Trinajstić information content (AvgIpc) is 2.90.